The van der Waals surface area contributed by atoms with E-state index < -0.39 is 0 Å². The number of aromatic nitrogens is 2. The van der Waals surface area contributed by atoms with Crippen molar-refractivity contribution in [2.24, 2.45) is 0 Å². The van der Waals surface area contributed by atoms with Gasteiger partial charge in [-0.2, -0.15) is 5.26 Å². The Kier molecular flexibility index (Phi) is 5.32. The third kappa shape index (κ3) is 3.57. The fourth-order valence-electron chi connectivity index (χ4n) is 7.58. The van der Waals surface area contributed by atoms with Crippen LogP contribution in [0.15, 0.2) is 156 Å². The maximum atomic E-state index is 10.5. The minimum Gasteiger partial charge on any atom is -0.455 e. The number of benzene rings is 7. The van der Waals surface area contributed by atoms with E-state index in [-0.39, 0.29) is 0 Å². The zero-order valence-corrected chi connectivity index (χ0v) is 25.2. The number of nitrogens with zero attached hydrogens (tertiary/aromatic N) is 3. The van der Waals surface area contributed by atoms with Gasteiger partial charge in [0.2, 0.25) is 0 Å². The predicted octanol–water partition coefficient (Wildman–Crippen LogP) is 11.3. The summed E-state index contributed by atoms with van der Waals surface area (Å²) in [5.74, 6) is 0. The molecule has 0 aliphatic carbocycles. The number of rotatable bonds is 3. The van der Waals surface area contributed by atoms with Gasteiger partial charge in [-0.05, 0) is 66.2 Å². The number of furan rings is 1. The van der Waals surface area contributed by atoms with Crippen LogP contribution in [0.25, 0.3) is 88.1 Å². The molecular formula is C43H25N3O. The molecule has 4 heteroatoms. The SMILES string of the molecule is N#Cc1cccc(-c2ccc3c(c2)c2c4oc5ccccc5c4ccc2n3-c2ccccc2)c1-n1c2ccccc2c2ccccc21. The lowest BCUT2D eigenvalue weighted by molar-refractivity contribution is 0.673. The van der Waals surface area contributed by atoms with Crippen LogP contribution in [0, 0.1) is 11.3 Å². The summed E-state index contributed by atoms with van der Waals surface area (Å²) in [6.07, 6.45) is 0. The normalized spacial score (nSPS) is 11.8. The Labute approximate surface area is 269 Å². The van der Waals surface area contributed by atoms with Crippen LogP contribution in [0.3, 0.4) is 0 Å². The van der Waals surface area contributed by atoms with Crippen LogP contribution in [0.1, 0.15) is 5.56 Å². The molecule has 0 radical (unpaired) electrons. The molecule has 10 rings (SSSR count). The van der Waals surface area contributed by atoms with Crippen molar-refractivity contribution in [1.82, 2.24) is 9.13 Å². The van der Waals surface area contributed by atoms with E-state index in [2.05, 4.69) is 137 Å². The van der Waals surface area contributed by atoms with Crippen molar-refractivity contribution in [1.29, 1.82) is 5.26 Å². The Morgan fingerprint density at radius 3 is 1.91 bits per heavy atom. The van der Waals surface area contributed by atoms with E-state index in [1.807, 2.05) is 30.3 Å². The van der Waals surface area contributed by atoms with Gasteiger partial charge in [0.05, 0.1) is 38.7 Å². The number of para-hydroxylation sites is 5. The summed E-state index contributed by atoms with van der Waals surface area (Å²) < 4.78 is 11.2. The van der Waals surface area contributed by atoms with E-state index >= 15 is 0 Å². The van der Waals surface area contributed by atoms with E-state index in [4.69, 9.17) is 4.42 Å². The molecule has 0 N–H and O–H groups in total. The second kappa shape index (κ2) is 9.71. The first-order valence-electron chi connectivity index (χ1n) is 15.8. The highest BCUT2D eigenvalue weighted by atomic mass is 16.3. The average Bonchev–Trinajstić information content (AvgIpc) is 3.79. The van der Waals surface area contributed by atoms with Crippen molar-refractivity contribution in [2.45, 2.75) is 0 Å². The van der Waals surface area contributed by atoms with Crippen LogP contribution in [0.2, 0.25) is 0 Å². The molecule has 3 heterocycles. The summed E-state index contributed by atoms with van der Waals surface area (Å²) in [6, 6.07) is 55.2. The molecule has 0 unspecified atom stereocenters. The molecule has 0 fully saturated rings. The molecule has 0 saturated carbocycles. The van der Waals surface area contributed by atoms with Gasteiger partial charge in [-0.15, -0.1) is 0 Å². The van der Waals surface area contributed by atoms with Gasteiger partial charge in [0.15, 0.2) is 0 Å². The lowest BCUT2D eigenvalue weighted by Crippen LogP contribution is -2.00. The fraction of sp³-hybridized carbons (Fsp3) is 0. The van der Waals surface area contributed by atoms with Crippen LogP contribution in [-0.2, 0) is 0 Å². The minimum atomic E-state index is 0.625. The largest absolute Gasteiger partial charge is 0.455 e. The molecule has 47 heavy (non-hydrogen) atoms. The van der Waals surface area contributed by atoms with Gasteiger partial charge < -0.3 is 13.6 Å². The van der Waals surface area contributed by atoms with Crippen LogP contribution < -0.4 is 0 Å². The van der Waals surface area contributed by atoms with Gasteiger partial charge in [-0.1, -0.05) is 91.0 Å². The zero-order chi connectivity index (χ0) is 31.1. The molecule has 0 amide bonds. The van der Waals surface area contributed by atoms with Crippen molar-refractivity contribution < 1.29 is 4.42 Å². The highest BCUT2D eigenvalue weighted by molar-refractivity contribution is 6.24. The topological polar surface area (TPSA) is 46.8 Å². The van der Waals surface area contributed by atoms with Crippen molar-refractivity contribution >= 4 is 65.6 Å². The smallest absolute Gasteiger partial charge is 0.145 e. The Hall–Kier alpha value is -6.57. The molecule has 0 saturated heterocycles. The third-order valence-electron chi connectivity index (χ3n) is 9.56. The lowest BCUT2D eigenvalue weighted by atomic mass is 9.97. The molecule has 0 aliphatic rings. The fourth-order valence-corrected chi connectivity index (χ4v) is 7.58. The molecule has 10 aromatic rings. The molecule has 0 atom stereocenters. The van der Waals surface area contributed by atoms with Crippen molar-refractivity contribution in [3.8, 4) is 28.6 Å². The molecule has 0 aliphatic heterocycles. The van der Waals surface area contributed by atoms with Gasteiger partial charge >= 0.3 is 0 Å². The third-order valence-corrected chi connectivity index (χ3v) is 9.56. The maximum absolute atomic E-state index is 10.5. The second-order valence-corrected chi connectivity index (χ2v) is 12.0. The van der Waals surface area contributed by atoms with E-state index in [0.717, 1.165) is 88.1 Å². The second-order valence-electron chi connectivity index (χ2n) is 12.0. The highest BCUT2D eigenvalue weighted by Gasteiger charge is 2.22. The van der Waals surface area contributed by atoms with E-state index in [1.165, 1.54) is 0 Å². The molecule has 218 valence electrons. The summed E-state index contributed by atoms with van der Waals surface area (Å²) in [7, 11) is 0. The first-order chi connectivity index (χ1) is 23.3. The molecule has 0 spiro atoms. The molecule has 3 aromatic heterocycles. The Bertz CT molecular complexity index is 2860. The number of nitriles is 1. The first kappa shape index (κ1) is 25.7. The first-order valence-corrected chi connectivity index (χ1v) is 15.8. The van der Waals surface area contributed by atoms with E-state index in [0.29, 0.717) is 5.56 Å². The monoisotopic (exact) mass is 599 g/mol. The van der Waals surface area contributed by atoms with Crippen molar-refractivity contribution in [3.05, 3.63) is 157 Å². The molecule has 0 bridgehead atoms. The van der Waals surface area contributed by atoms with Gasteiger partial charge in [0, 0.05) is 38.2 Å². The number of hydrogen-bond donors (Lipinski definition) is 0. The quantitative estimate of drug-likeness (QED) is 0.203. The summed E-state index contributed by atoms with van der Waals surface area (Å²) in [6.45, 7) is 0. The Morgan fingerprint density at radius 1 is 0.489 bits per heavy atom. The summed E-state index contributed by atoms with van der Waals surface area (Å²) in [4.78, 5) is 0. The minimum absolute atomic E-state index is 0.625. The average molecular weight is 600 g/mol. The van der Waals surface area contributed by atoms with Gasteiger partial charge in [0.1, 0.15) is 17.2 Å². The Balaban J connectivity index is 1.33. The van der Waals surface area contributed by atoms with Crippen molar-refractivity contribution in [3.63, 3.8) is 0 Å². The Morgan fingerprint density at radius 2 is 1.15 bits per heavy atom. The zero-order valence-electron chi connectivity index (χ0n) is 25.2. The van der Waals surface area contributed by atoms with Crippen LogP contribution in [-0.4, -0.2) is 9.13 Å². The molecule has 4 nitrogen and oxygen atoms in total. The lowest BCUT2D eigenvalue weighted by Gasteiger charge is -2.16. The molecule has 7 aromatic carbocycles. The van der Waals surface area contributed by atoms with Crippen molar-refractivity contribution in [2.75, 3.05) is 0 Å². The van der Waals surface area contributed by atoms with Gasteiger partial charge in [-0.25, -0.2) is 0 Å². The van der Waals surface area contributed by atoms with Gasteiger partial charge in [-0.3, -0.25) is 0 Å². The van der Waals surface area contributed by atoms with Crippen LogP contribution in [0.4, 0.5) is 0 Å². The number of hydrogen-bond acceptors (Lipinski definition) is 2. The van der Waals surface area contributed by atoms with Crippen LogP contribution >= 0.6 is 0 Å². The van der Waals surface area contributed by atoms with Crippen LogP contribution in [0.5, 0.6) is 0 Å². The van der Waals surface area contributed by atoms with E-state index in [9.17, 15) is 5.26 Å². The highest BCUT2D eigenvalue weighted by Crippen LogP contribution is 2.43. The number of fused-ring (bicyclic) bond motifs is 10. The maximum Gasteiger partial charge on any atom is 0.145 e. The summed E-state index contributed by atoms with van der Waals surface area (Å²) >= 11 is 0. The molecular weight excluding hydrogens is 574 g/mol. The summed E-state index contributed by atoms with van der Waals surface area (Å²) in [5, 5.41) is 17.2. The summed E-state index contributed by atoms with van der Waals surface area (Å²) in [5.41, 5.74) is 10.7. The predicted molar refractivity (Wildman–Crippen MR) is 193 cm³/mol. The van der Waals surface area contributed by atoms with E-state index in [1.54, 1.807) is 0 Å². The van der Waals surface area contributed by atoms with Gasteiger partial charge in [0.25, 0.3) is 0 Å². The standard InChI is InChI=1S/C43H25N3O/c44-26-28-11-10-17-30(42(28)46-36-18-7-4-14-31(36)32-15-5-8-19-37(32)46)27-21-23-38-35(25-27)41-39(45(38)29-12-2-1-3-13-29)24-22-34-33-16-6-9-20-40(33)47-43(34)41/h1-25H.